The average Bonchev–Trinajstić information content (AvgIpc) is 1.69. The van der Waals surface area contributed by atoms with Gasteiger partial charge in [0.2, 0.25) is 0 Å². The van der Waals surface area contributed by atoms with Crippen LogP contribution < -0.4 is 0 Å². The molecule has 1 aromatic rings. The molecule has 0 aliphatic carbocycles. The van der Waals surface area contributed by atoms with Crippen LogP contribution >= 0.6 is 20.0 Å². The topological polar surface area (TPSA) is 25.8 Å². The molecule has 0 spiro atoms. The van der Waals surface area contributed by atoms with Gasteiger partial charge in [0.25, 0.3) is 0 Å². The van der Waals surface area contributed by atoms with Gasteiger partial charge in [-0.05, 0) is 11.9 Å². The lowest BCUT2D eigenvalue weighted by Gasteiger charge is -1.77. The van der Waals surface area contributed by atoms with Crippen LogP contribution in [0.2, 0.25) is 5.15 Å². The summed E-state index contributed by atoms with van der Waals surface area (Å²) in [4.78, 5) is 3.60. The van der Waals surface area contributed by atoms with Crippen molar-refractivity contribution < 1.29 is 0 Å². The van der Waals surface area contributed by atoms with Crippen LogP contribution in [0.3, 0.4) is 0 Å². The van der Waals surface area contributed by atoms with E-state index >= 15 is 0 Å². The normalized spacial score (nSPS) is 9.86. The summed E-state index contributed by atoms with van der Waals surface area (Å²) in [6.45, 7) is 0. The molecule has 2 nitrogen and oxygen atoms in total. The lowest BCUT2D eigenvalue weighted by molar-refractivity contribution is 1.13. The highest BCUT2D eigenvalue weighted by Crippen LogP contribution is 2.02. The number of nitrogens with zero attached hydrogens (tertiary/aromatic N) is 2. The Hall–Kier alpha value is -0.200. The second kappa shape index (κ2) is 2.20. The van der Waals surface area contributed by atoms with Gasteiger partial charge in [-0.3, -0.25) is 0 Å². The molecule has 7 heavy (non-hydrogen) atoms. The van der Waals surface area contributed by atoms with E-state index in [1.165, 1.54) is 0 Å². The van der Waals surface area contributed by atoms with Gasteiger partial charge in [0, 0.05) is 0 Å². The molecule has 0 atom stereocenters. The Morgan fingerprint density at radius 3 is 2.86 bits per heavy atom. The van der Waals surface area contributed by atoms with E-state index in [0.29, 0.717) is 5.15 Å². The zero-order valence-electron chi connectivity index (χ0n) is 3.37. The first-order chi connectivity index (χ1) is 3.39. The van der Waals surface area contributed by atoms with E-state index in [9.17, 15) is 0 Å². The van der Waals surface area contributed by atoms with Gasteiger partial charge in [-0.15, -0.1) is 9.96 Å². The molecular weight excluding hydrogens is 130 g/mol. The van der Waals surface area contributed by atoms with Gasteiger partial charge < -0.3 is 0 Å². The quantitative estimate of drug-likeness (QED) is 0.537. The van der Waals surface area contributed by atoms with Gasteiger partial charge in [-0.1, -0.05) is 11.6 Å². The van der Waals surface area contributed by atoms with E-state index in [1.807, 2.05) is 5.80 Å². The molecule has 4 heteroatoms. The minimum absolute atomic E-state index is 0.457. The fraction of sp³-hybridized carbons (Fsp3) is 0. The number of hydrogen-bond donors (Lipinski definition) is 0. The molecule has 1 heterocycles. The maximum absolute atomic E-state index is 5.38. The first-order valence-electron chi connectivity index (χ1n) is 1.69. The average molecular weight is 132 g/mol. The third kappa shape index (κ3) is 1.38. The van der Waals surface area contributed by atoms with E-state index in [4.69, 9.17) is 11.6 Å². The maximum atomic E-state index is 5.38. The summed E-state index contributed by atoms with van der Waals surface area (Å²) in [5.41, 5.74) is 0. The molecule has 0 saturated heterocycles. The minimum Gasteiger partial charge on any atom is -0.134 e. The van der Waals surface area contributed by atoms with Crippen molar-refractivity contribution in [1.82, 2.24) is 9.96 Å². The summed E-state index contributed by atoms with van der Waals surface area (Å²) in [7, 11) is 0.866. The molecule has 0 bridgehead atoms. The zero-order valence-corrected chi connectivity index (χ0v) is 5.02. The third-order valence-corrected chi connectivity index (χ3v) is 1.15. The summed E-state index contributed by atoms with van der Waals surface area (Å²) in [5.74, 6) is 1.83. The minimum atomic E-state index is 0.457. The number of halogens is 1. The van der Waals surface area contributed by atoms with E-state index in [-0.39, 0.29) is 0 Å². The highest BCUT2D eigenvalue weighted by atomic mass is 35.5. The van der Waals surface area contributed by atoms with Gasteiger partial charge in [-0.2, -0.15) is 0 Å². The monoisotopic (exact) mass is 132 g/mol. The van der Waals surface area contributed by atoms with Gasteiger partial charge in [0.1, 0.15) is 0 Å². The van der Waals surface area contributed by atoms with Crippen molar-refractivity contribution in [1.29, 1.82) is 0 Å². The smallest absolute Gasteiger partial charge is 0.134 e. The molecule has 0 aliphatic rings. The van der Waals surface area contributed by atoms with Crippen molar-refractivity contribution in [3.05, 3.63) is 17.0 Å². The Balaban J connectivity index is 3.02. The molecule has 36 valence electrons. The Morgan fingerprint density at radius 2 is 2.57 bits per heavy atom. The van der Waals surface area contributed by atoms with Crippen molar-refractivity contribution in [3.8, 4) is 0 Å². The molecule has 0 amide bonds. The standard InChI is InChI=1S/C3H2ClN2P/c4-3-1-2-7-6-5-3/h1-2H. The molecule has 0 radical (unpaired) electrons. The summed E-state index contributed by atoms with van der Waals surface area (Å²) < 4.78 is 0. The van der Waals surface area contributed by atoms with Crippen molar-refractivity contribution >= 4 is 20.0 Å². The molecule has 1 rings (SSSR count). The van der Waals surface area contributed by atoms with Crippen LogP contribution in [0.5, 0.6) is 0 Å². The third-order valence-electron chi connectivity index (χ3n) is 0.471. The molecular formula is C3H2ClN2P. The molecule has 0 N–H and O–H groups in total. The Kier molecular flexibility index (Phi) is 1.55. The first-order valence-corrected chi connectivity index (χ1v) is 2.99. The zero-order chi connectivity index (χ0) is 5.11. The van der Waals surface area contributed by atoms with Gasteiger partial charge in [0.15, 0.2) is 5.15 Å². The van der Waals surface area contributed by atoms with Crippen LogP contribution in [0, 0.1) is 0 Å². The second-order valence-electron chi connectivity index (χ2n) is 0.943. The van der Waals surface area contributed by atoms with E-state index in [0.717, 1.165) is 8.35 Å². The Labute approximate surface area is 47.7 Å². The predicted molar refractivity (Wildman–Crippen MR) is 29.6 cm³/mol. The van der Waals surface area contributed by atoms with Gasteiger partial charge in [0.05, 0.1) is 8.35 Å². The SMILES string of the molecule is Clc1ccpnn1. The Bertz CT molecular complexity index is 143. The van der Waals surface area contributed by atoms with Crippen LogP contribution in [0.15, 0.2) is 11.9 Å². The number of rotatable bonds is 0. The maximum Gasteiger partial charge on any atom is 0.152 e. The molecule has 0 fully saturated rings. The van der Waals surface area contributed by atoms with Crippen molar-refractivity contribution in [3.63, 3.8) is 0 Å². The first kappa shape index (κ1) is 4.95. The van der Waals surface area contributed by atoms with Crippen LogP contribution in [0.25, 0.3) is 0 Å². The van der Waals surface area contributed by atoms with E-state index < -0.39 is 0 Å². The lowest BCUT2D eigenvalue weighted by atomic mass is 10.8. The fourth-order valence-electron chi connectivity index (χ4n) is 0.227. The van der Waals surface area contributed by atoms with E-state index in [1.54, 1.807) is 6.07 Å². The highest BCUT2D eigenvalue weighted by Gasteiger charge is 1.78. The Morgan fingerprint density at radius 1 is 1.71 bits per heavy atom. The molecule has 0 saturated carbocycles. The lowest BCUT2D eigenvalue weighted by Crippen LogP contribution is -1.69. The molecule has 0 aromatic carbocycles. The van der Waals surface area contributed by atoms with Gasteiger partial charge in [-0.25, -0.2) is 0 Å². The summed E-state index contributed by atoms with van der Waals surface area (Å²) in [5, 5.41) is 3.99. The van der Waals surface area contributed by atoms with Crippen molar-refractivity contribution in [2.45, 2.75) is 0 Å². The van der Waals surface area contributed by atoms with Crippen LogP contribution in [0.4, 0.5) is 0 Å². The second-order valence-corrected chi connectivity index (χ2v) is 2.04. The van der Waals surface area contributed by atoms with Crippen molar-refractivity contribution in [2.75, 3.05) is 0 Å². The van der Waals surface area contributed by atoms with Crippen LogP contribution in [-0.4, -0.2) is 9.96 Å². The summed E-state index contributed by atoms with van der Waals surface area (Å²) >= 11 is 5.38. The molecule has 0 aliphatic heterocycles. The number of hydrogen-bond acceptors (Lipinski definition) is 2. The van der Waals surface area contributed by atoms with Crippen LogP contribution in [0.1, 0.15) is 0 Å². The highest BCUT2D eigenvalue weighted by molar-refractivity contribution is 7.24. The summed E-state index contributed by atoms with van der Waals surface area (Å²) in [6, 6.07) is 1.72. The van der Waals surface area contributed by atoms with E-state index in [2.05, 4.69) is 9.96 Å². The fourth-order valence-corrected chi connectivity index (χ4v) is 0.883. The van der Waals surface area contributed by atoms with Crippen LogP contribution in [-0.2, 0) is 0 Å². The largest absolute Gasteiger partial charge is 0.152 e. The summed E-state index contributed by atoms with van der Waals surface area (Å²) in [6.07, 6.45) is 0. The predicted octanol–water partition coefficient (Wildman–Crippen LogP) is 1.71. The van der Waals surface area contributed by atoms with Crippen molar-refractivity contribution in [2.24, 2.45) is 0 Å². The number of aromatic nitrogens is 2. The van der Waals surface area contributed by atoms with Gasteiger partial charge >= 0.3 is 0 Å². The molecule has 0 unspecified atom stereocenters. The molecule has 1 aromatic heterocycles.